The first-order chi connectivity index (χ1) is 13.0. The van der Waals surface area contributed by atoms with E-state index in [1.807, 2.05) is 13.0 Å². The number of para-hydroxylation sites is 1. The molecule has 1 aromatic carbocycles. The van der Waals surface area contributed by atoms with Gasteiger partial charge in [-0.25, -0.2) is 4.98 Å². The third kappa shape index (κ3) is 3.16. The summed E-state index contributed by atoms with van der Waals surface area (Å²) in [6.45, 7) is 2.31. The zero-order valence-electron chi connectivity index (χ0n) is 15.0. The Bertz CT molecular complexity index is 927. The van der Waals surface area contributed by atoms with Gasteiger partial charge in [-0.15, -0.1) is 0 Å². The van der Waals surface area contributed by atoms with Gasteiger partial charge in [0, 0.05) is 12.7 Å². The van der Waals surface area contributed by atoms with Gasteiger partial charge in [0.2, 0.25) is 11.8 Å². The Morgan fingerprint density at radius 2 is 2.07 bits per heavy atom. The van der Waals surface area contributed by atoms with Gasteiger partial charge in [0.25, 0.3) is 5.91 Å². The molecule has 7 heteroatoms. The van der Waals surface area contributed by atoms with Crippen LogP contribution in [-0.4, -0.2) is 46.7 Å². The summed E-state index contributed by atoms with van der Waals surface area (Å²) in [5, 5.41) is 2.73. The number of amides is 3. The van der Waals surface area contributed by atoms with E-state index in [1.54, 1.807) is 41.4 Å². The standard InChI is InChI=1S/C20H20N4O3/c1-13-8-9-21-17(11-13)22-18(25)12-24-15-6-3-2-5-14(15)19(26)23-10-4-7-16(23)20(24)27/h2-3,5-6,8-9,11,16H,4,7,10,12H2,1H3,(H,21,22,25)/t16-/m0/s1. The number of anilines is 2. The molecule has 7 nitrogen and oxygen atoms in total. The third-order valence-electron chi connectivity index (χ3n) is 4.97. The molecule has 2 aromatic rings. The molecule has 138 valence electrons. The van der Waals surface area contributed by atoms with E-state index in [-0.39, 0.29) is 24.3 Å². The number of nitrogens with one attached hydrogen (secondary N) is 1. The van der Waals surface area contributed by atoms with Crippen LogP contribution in [0.5, 0.6) is 0 Å². The highest BCUT2D eigenvalue weighted by Crippen LogP contribution is 2.32. The van der Waals surface area contributed by atoms with E-state index in [0.29, 0.717) is 30.0 Å². The van der Waals surface area contributed by atoms with Crippen molar-refractivity contribution in [1.82, 2.24) is 9.88 Å². The third-order valence-corrected chi connectivity index (χ3v) is 4.97. The van der Waals surface area contributed by atoms with Crippen LogP contribution in [0.1, 0.15) is 28.8 Å². The second kappa shape index (κ2) is 6.83. The minimum absolute atomic E-state index is 0.148. The molecule has 0 spiro atoms. The van der Waals surface area contributed by atoms with Crippen molar-refractivity contribution in [3.05, 3.63) is 53.7 Å². The lowest BCUT2D eigenvalue weighted by Crippen LogP contribution is -2.47. The van der Waals surface area contributed by atoms with Crippen molar-refractivity contribution in [2.75, 3.05) is 23.3 Å². The molecule has 0 bridgehead atoms. The summed E-state index contributed by atoms with van der Waals surface area (Å²) < 4.78 is 0. The van der Waals surface area contributed by atoms with Crippen LogP contribution in [0, 0.1) is 6.92 Å². The summed E-state index contributed by atoms with van der Waals surface area (Å²) in [5.41, 5.74) is 1.91. The Morgan fingerprint density at radius 3 is 2.89 bits per heavy atom. The number of carbonyl (C=O) groups excluding carboxylic acids is 3. The molecule has 4 rings (SSSR count). The van der Waals surface area contributed by atoms with E-state index in [2.05, 4.69) is 10.3 Å². The van der Waals surface area contributed by atoms with Crippen molar-refractivity contribution in [2.45, 2.75) is 25.8 Å². The fraction of sp³-hybridized carbons (Fsp3) is 0.300. The first-order valence-corrected chi connectivity index (χ1v) is 8.98. The van der Waals surface area contributed by atoms with Gasteiger partial charge in [-0.3, -0.25) is 14.4 Å². The number of carbonyl (C=O) groups is 3. The van der Waals surface area contributed by atoms with Gasteiger partial charge in [0.15, 0.2) is 0 Å². The van der Waals surface area contributed by atoms with Crippen LogP contribution >= 0.6 is 0 Å². The van der Waals surface area contributed by atoms with Crippen LogP contribution in [0.3, 0.4) is 0 Å². The van der Waals surface area contributed by atoms with Crippen molar-refractivity contribution in [3.8, 4) is 0 Å². The van der Waals surface area contributed by atoms with E-state index >= 15 is 0 Å². The van der Waals surface area contributed by atoms with Gasteiger partial charge in [-0.2, -0.15) is 0 Å². The van der Waals surface area contributed by atoms with Gasteiger partial charge < -0.3 is 15.1 Å². The highest BCUT2D eigenvalue weighted by atomic mass is 16.2. The average Bonchev–Trinajstić information content (AvgIpc) is 3.12. The van der Waals surface area contributed by atoms with Crippen molar-refractivity contribution in [3.63, 3.8) is 0 Å². The van der Waals surface area contributed by atoms with E-state index < -0.39 is 6.04 Å². The highest BCUT2D eigenvalue weighted by molar-refractivity contribution is 6.13. The Kier molecular flexibility index (Phi) is 4.35. The van der Waals surface area contributed by atoms with Gasteiger partial charge in [-0.05, 0) is 49.6 Å². The van der Waals surface area contributed by atoms with Crippen molar-refractivity contribution in [2.24, 2.45) is 0 Å². The largest absolute Gasteiger partial charge is 0.327 e. The lowest BCUT2D eigenvalue weighted by molar-refractivity contribution is -0.124. The summed E-state index contributed by atoms with van der Waals surface area (Å²) in [6, 6.07) is 10.1. The van der Waals surface area contributed by atoms with Gasteiger partial charge in [0.1, 0.15) is 18.4 Å². The van der Waals surface area contributed by atoms with E-state index in [9.17, 15) is 14.4 Å². The molecule has 0 unspecified atom stereocenters. The number of benzene rings is 1. The molecule has 1 aromatic heterocycles. The minimum atomic E-state index is -0.505. The molecule has 2 aliphatic rings. The molecule has 27 heavy (non-hydrogen) atoms. The van der Waals surface area contributed by atoms with Crippen LogP contribution in [0.2, 0.25) is 0 Å². The number of fused-ring (bicyclic) bond motifs is 2. The summed E-state index contributed by atoms with van der Waals surface area (Å²) in [5.74, 6) is -0.271. The normalized spacial score (nSPS) is 18.8. The molecule has 1 N–H and O–H groups in total. The average molecular weight is 364 g/mol. The first kappa shape index (κ1) is 17.2. The highest BCUT2D eigenvalue weighted by Gasteiger charge is 2.42. The van der Waals surface area contributed by atoms with Crippen LogP contribution in [0.4, 0.5) is 11.5 Å². The fourth-order valence-corrected chi connectivity index (χ4v) is 3.70. The summed E-state index contributed by atoms with van der Waals surface area (Å²) >= 11 is 0. The number of rotatable bonds is 3. The van der Waals surface area contributed by atoms with Crippen molar-refractivity contribution < 1.29 is 14.4 Å². The monoisotopic (exact) mass is 364 g/mol. The van der Waals surface area contributed by atoms with Crippen molar-refractivity contribution >= 4 is 29.2 Å². The number of aryl methyl sites for hydroxylation is 1. The van der Waals surface area contributed by atoms with Crippen molar-refractivity contribution in [1.29, 1.82) is 0 Å². The minimum Gasteiger partial charge on any atom is -0.327 e. The second-order valence-electron chi connectivity index (χ2n) is 6.86. The lowest BCUT2D eigenvalue weighted by Gasteiger charge is -2.25. The maximum Gasteiger partial charge on any atom is 0.256 e. The number of nitrogens with zero attached hydrogens (tertiary/aromatic N) is 3. The van der Waals surface area contributed by atoms with Gasteiger partial charge in [0.05, 0.1) is 11.3 Å². The number of pyridine rings is 1. The van der Waals surface area contributed by atoms with E-state index in [4.69, 9.17) is 0 Å². The topological polar surface area (TPSA) is 82.6 Å². The van der Waals surface area contributed by atoms with Gasteiger partial charge >= 0.3 is 0 Å². The zero-order chi connectivity index (χ0) is 19.0. The molecular formula is C20H20N4O3. The Balaban J connectivity index is 1.64. The Morgan fingerprint density at radius 1 is 1.26 bits per heavy atom. The molecule has 0 aliphatic carbocycles. The maximum absolute atomic E-state index is 13.1. The number of hydrogen-bond donors (Lipinski definition) is 1. The van der Waals surface area contributed by atoms with E-state index in [1.165, 1.54) is 4.90 Å². The molecule has 0 radical (unpaired) electrons. The number of hydrogen-bond acceptors (Lipinski definition) is 4. The second-order valence-corrected chi connectivity index (χ2v) is 6.86. The Hall–Kier alpha value is -3.22. The molecule has 1 fully saturated rings. The van der Waals surface area contributed by atoms with Crippen LogP contribution < -0.4 is 10.2 Å². The first-order valence-electron chi connectivity index (χ1n) is 8.98. The molecule has 0 saturated carbocycles. The van der Waals surface area contributed by atoms with Crippen LogP contribution in [0.25, 0.3) is 0 Å². The van der Waals surface area contributed by atoms with E-state index in [0.717, 1.165) is 12.0 Å². The van der Waals surface area contributed by atoms with Crippen LogP contribution in [0.15, 0.2) is 42.6 Å². The molecule has 1 saturated heterocycles. The lowest BCUT2D eigenvalue weighted by atomic mass is 10.1. The van der Waals surface area contributed by atoms with Gasteiger partial charge in [-0.1, -0.05) is 12.1 Å². The summed E-state index contributed by atoms with van der Waals surface area (Å²) in [6.07, 6.45) is 3.03. The molecule has 1 atom stereocenters. The zero-order valence-corrected chi connectivity index (χ0v) is 15.0. The van der Waals surface area contributed by atoms with Crippen LogP contribution in [-0.2, 0) is 9.59 Å². The quantitative estimate of drug-likeness (QED) is 0.903. The summed E-state index contributed by atoms with van der Waals surface area (Å²) in [7, 11) is 0. The smallest absolute Gasteiger partial charge is 0.256 e. The number of aromatic nitrogens is 1. The molecule has 3 heterocycles. The SMILES string of the molecule is Cc1ccnc(NC(=O)CN2C(=O)[C@@H]3CCCN3C(=O)c3ccccc32)c1. The predicted octanol–water partition coefficient (Wildman–Crippen LogP) is 1.98. The Labute approximate surface area is 157 Å². The molecule has 2 aliphatic heterocycles. The molecular weight excluding hydrogens is 344 g/mol. The summed E-state index contributed by atoms with van der Waals surface area (Å²) in [4.78, 5) is 45.7. The predicted molar refractivity (Wildman–Crippen MR) is 100 cm³/mol. The molecule has 3 amide bonds. The maximum atomic E-state index is 13.1. The fourth-order valence-electron chi connectivity index (χ4n) is 3.70.